The summed E-state index contributed by atoms with van der Waals surface area (Å²) in [5.41, 5.74) is 9.26. The molecule has 0 aliphatic heterocycles. The summed E-state index contributed by atoms with van der Waals surface area (Å²) in [6.07, 6.45) is 1.91. The van der Waals surface area contributed by atoms with E-state index < -0.39 is 0 Å². The van der Waals surface area contributed by atoms with Crippen LogP contribution in [0.2, 0.25) is 0 Å². The molecule has 4 nitrogen and oxygen atoms in total. The molecule has 0 fully saturated rings. The third-order valence-electron chi connectivity index (χ3n) is 2.81. The average Bonchev–Trinajstić information content (AvgIpc) is 2.39. The molecule has 0 atom stereocenters. The first-order valence-electron chi connectivity index (χ1n) is 6.61. The van der Waals surface area contributed by atoms with E-state index in [0.29, 0.717) is 17.6 Å². The molecule has 0 radical (unpaired) electrons. The first-order valence-corrected chi connectivity index (χ1v) is 7.01. The van der Waals surface area contributed by atoms with Crippen molar-refractivity contribution >= 4 is 29.0 Å². The van der Waals surface area contributed by atoms with Gasteiger partial charge < -0.3 is 16.4 Å². The van der Waals surface area contributed by atoms with Gasteiger partial charge >= 0.3 is 0 Å². The Morgan fingerprint density at radius 1 is 1.21 bits per heavy atom. The van der Waals surface area contributed by atoms with Crippen molar-refractivity contribution in [3.8, 4) is 0 Å². The molecule has 0 saturated heterocycles. The van der Waals surface area contributed by atoms with Crippen LogP contribution in [-0.2, 0) is 12.8 Å². The molecule has 0 spiro atoms. The Morgan fingerprint density at radius 2 is 1.79 bits per heavy atom. The van der Waals surface area contributed by atoms with Gasteiger partial charge in [0.25, 0.3) is 0 Å². The van der Waals surface area contributed by atoms with Gasteiger partial charge in [-0.15, -0.1) is 0 Å². The highest BCUT2D eigenvalue weighted by atomic mass is 32.1. The van der Waals surface area contributed by atoms with E-state index in [1.54, 1.807) is 0 Å². The van der Waals surface area contributed by atoms with E-state index in [9.17, 15) is 0 Å². The lowest BCUT2D eigenvalue weighted by atomic mass is 10.0. The van der Waals surface area contributed by atoms with Crippen molar-refractivity contribution in [2.24, 2.45) is 10.7 Å². The quantitative estimate of drug-likeness (QED) is 0.450. The summed E-state index contributed by atoms with van der Waals surface area (Å²) in [6.45, 7) is 6.81. The van der Waals surface area contributed by atoms with Crippen LogP contribution < -0.4 is 16.4 Å². The van der Waals surface area contributed by atoms with Crippen molar-refractivity contribution in [2.75, 3.05) is 11.9 Å². The molecule has 1 aromatic carbocycles. The number of rotatable bonds is 4. The molecule has 0 aliphatic rings. The lowest BCUT2D eigenvalue weighted by Gasteiger charge is -2.16. The number of benzene rings is 1. The zero-order valence-corrected chi connectivity index (χ0v) is 12.6. The van der Waals surface area contributed by atoms with Crippen LogP contribution >= 0.6 is 12.2 Å². The monoisotopic (exact) mass is 278 g/mol. The van der Waals surface area contributed by atoms with Crippen LogP contribution in [0.15, 0.2) is 23.2 Å². The van der Waals surface area contributed by atoms with E-state index >= 15 is 0 Å². The topological polar surface area (TPSA) is 62.4 Å². The van der Waals surface area contributed by atoms with Gasteiger partial charge in [-0.3, -0.25) is 4.99 Å². The van der Waals surface area contributed by atoms with Gasteiger partial charge in [-0.05, 0) is 43.1 Å². The number of thiocarbonyl (C=S) groups is 1. The molecule has 1 rings (SSSR count). The Labute approximate surface area is 120 Å². The summed E-state index contributed by atoms with van der Waals surface area (Å²) in [7, 11) is 0. The number of anilines is 1. The molecule has 0 heterocycles. The number of nitrogens with zero attached hydrogens (tertiary/aromatic N) is 1. The molecular weight excluding hydrogens is 256 g/mol. The zero-order valence-electron chi connectivity index (χ0n) is 11.8. The van der Waals surface area contributed by atoms with Crippen LogP contribution in [0.3, 0.4) is 0 Å². The lowest BCUT2D eigenvalue weighted by Crippen LogP contribution is -2.39. The summed E-state index contributed by atoms with van der Waals surface area (Å²) >= 11 is 5.26. The molecule has 0 bridgehead atoms. The van der Waals surface area contributed by atoms with Crippen molar-refractivity contribution in [3.63, 3.8) is 0 Å². The van der Waals surface area contributed by atoms with E-state index in [4.69, 9.17) is 18.0 Å². The second-order valence-corrected chi connectivity index (χ2v) is 4.51. The minimum Gasteiger partial charge on any atom is -0.370 e. The molecule has 0 aliphatic carbocycles. The molecule has 0 saturated carbocycles. The minimum atomic E-state index is 0.340. The number of hydrogen-bond donors (Lipinski definition) is 3. The summed E-state index contributed by atoms with van der Waals surface area (Å²) in [5, 5.41) is 6.59. The molecule has 0 amide bonds. The SMILES string of the molecule is CCN=C(N)NC(=S)Nc1c(CC)cccc1CC. The highest BCUT2D eigenvalue weighted by Gasteiger charge is 2.08. The number of aryl methyl sites for hydroxylation is 2. The van der Waals surface area contributed by atoms with Crippen LogP contribution in [0.4, 0.5) is 5.69 Å². The first kappa shape index (κ1) is 15.4. The fourth-order valence-corrected chi connectivity index (χ4v) is 2.08. The van der Waals surface area contributed by atoms with Crippen LogP contribution in [-0.4, -0.2) is 17.6 Å². The minimum absolute atomic E-state index is 0.340. The van der Waals surface area contributed by atoms with Gasteiger partial charge in [0.2, 0.25) is 0 Å². The molecule has 0 aromatic heterocycles. The third kappa shape index (κ3) is 4.52. The molecule has 5 heteroatoms. The molecule has 19 heavy (non-hydrogen) atoms. The predicted molar refractivity (Wildman–Crippen MR) is 86.7 cm³/mol. The van der Waals surface area contributed by atoms with Gasteiger partial charge in [-0.25, -0.2) is 0 Å². The van der Waals surface area contributed by atoms with Gasteiger partial charge in [0, 0.05) is 12.2 Å². The second-order valence-electron chi connectivity index (χ2n) is 4.10. The maximum absolute atomic E-state index is 5.69. The lowest BCUT2D eigenvalue weighted by molar-refractivity contribution is 1.08. The number of para-hydroxylation sites is 1. The Kier molecular flexibility index (Phi) is 6.29. The van der Waals surface area contributed by atoms with Crippen LogP contribution in [0, 0.1) is 0 Å². The van der Waals surface area contributed by atoms with E-state index in [1.165, 1.54) is 11.1 Å². The number of hydrogen-bond acceptors (Lipinski definition) is 2. The Morgan fingerprint density at radius 3 is 2.26 bits per heavy atom. The molecule has 104 valence electrons. The first-order chi connectivity index (χ1) is 9.12. The highest BCUT2D eigenvalue weighted by Crippen LogP contribution is 2.22. The Bertz CT molecular complexity index is 446. The average molecular weight is 278 g/mol. The maximum atomic E-state index is 5.69. The fraction of sp³-hybridized carbons (Fsp3) is 0.429. The molecule has 0 unspecified atom stereocenters. The van der Waals surface area contributed by atoms with E-state index in [1.807, 2.05) is 6.92 Å². The van der Waals surface area contributed by atoms with Crippen LogP contribution in [0.5, 0.6) is 0 Å². The Hall–Kier alpha value is -1.62. The summed E-state index contributed by atoms with van der Waals surface area (Å²) < 4.78 is 0. The van der Waals surface area contributed by atoms with Crippen molar-refractivity contribution in [3.05, 3.63) is 29.3 Å². The van der Waals surface area contributed by atoms with Gasteiger partial charge in [0.15, 0.2) is 11.1 Å². The van der Waals surface area contributed by atoms with Crippen LogP contribution in [0.1, 0.15) is 31.9 Å². The third-order valence-corrected chi connectivity index (χ3v) is 3.01. The van der Waals surface area contributed by atoms with Gasteiger partial charge in [0.05, 0.1) is 0 Å². The normalized spacial score (nSPS) is 11.2. The van der Waals surface area contributed by atoms with Crippen LogP contribution in [0.25, 0.3) is 0 Å². The van der Waals surface area contributed by atoms with Crippen molar-refractivity contribution in [1.82, 2.24) is 5.32 Å². The summed E-state index contributed by atoms with van der Waals surface area (Å²) in [6, 6.07) is 6.29. The Balaban J connectivity index is 2.86. The van der Waals surface area contributed by atoms with E-state index in [-0.39, 0.29) is 0 Å². The smallest absolute Gasteiger partial charge is 0.194 e. The summed E-state index contributed by atoms with van der Waals surface area (Å²) in [4.78, 5) is 4.05. The van der Waals surface area contributed by atoms with Crippen molar-refractivity contribution < 1.29 is 0 Å². The van der Waals surface area contributed by atoms with E-state index in [2.05, 4.69) is 47.7 Å². The zero-order chi connectivity index (χ0) is 14.3. The molecular formula is C14H22N4S. The van der Waals surface area contributed by atoms with Gasteiger partial charge in [-0.2, -0.15) is 0 Å². The largest absolute Gasteiger partial charge is 0.370 e. The maximum Gasteiger partial charge on any atom is 0.194 e. The molecule has 1 aromatic rings. The number of guanidine groups is 1. The highest BCUT2D eigenvalue weighted by molar-refractivity contribution is 7.80. The number of nitrogens with one attached hydrogen (secondary N) is 2. The van der Waals surface area contributed by atoms with Gasteiger partial charge in [0.1, 0.15) is 0 Å². The predicted octanol–water partition coefficient (Wildman–Crippen LogP) is 2.43. The number of nitrogens with two attached hydrogens (primary N) is 1. The number of aliphatic imine (C=N–C) groups is 1. The standard InChI is InChI=1S/C14H22N4S/c1-4-10-8-7-9-11(5-2)12(10)17-14(19)18-13(15)16-6-3/h7-9H,4-6H2,1-3H3,(H4,15,16,17,18,19). The second kappa shape index (κ2) is 7.74. The van der Waals surface area contributed by atoms with Crippen molar-refractivity contribution in [2.45, 2.75) is 33.6 Å². The summed E-state index contributed by atoms with van der Waals surface area (Å²) in [5.74, 6) is 0.340. The van der Waals surface area contributed by atoms with Crippen molar-refractivity contribution in [1.29, 1.82) is 0 Å². The van der Waals surface area contributed by atoms with E-state index in [0.717, 1.165) is 18.5 Å². The molecule has 4 N–H and O–H groups in total. The fourth-order valence-electron chi connectivity index (χ4n) is 1.87. The van der Waals surface area contributed by atoms with Gasteiger partial charge in [-0.1, -0.05) is 32.0 Å².